The van der Waals surface area contributed by atoms with E-state index < -0.39 is 17.7 Å². The van der Waals surface area contributed by atoms with Crippen molar-refractivity contribution in [3.05, 3.63) is 56.8 Å². The number of aryl methyl sites for hydroxylation is 2. The predicted molar refractivity (Wildman–Crippen MR) is 111 cm³/mol. The molecule has 3 rings (SSSR count). The number of aliphatic hydroxyl groups is 1. The summed E-state index contributed by atoms with van der Waals surface area (Å²) in [5.41, 5.74) is 2.37. The van der Waals surface area contributed by atoms with Gasteiger partial charge in [-0.1, -0.05) is 25.5 Å². The average Bonchev–Trinajstić information content (AvgIpc) is 3.27. The van der Waals surface area contributed by atoms with Gasteiger partial charge in [-0.25, -0.2) is 0 Å². The Kier molecular flexibility index (Phi) is 5.89. The number of ketones is 1. The molecule has 1 atom stereocenters. The molecule has 1 fully saturated rings. The third-order valence-corrected chi connectivity index (χ3v) is 5.91. The number of nitrogens with zero attached hydrogens (tertiary/aromatic N) is 1. The lowest BCUT2D eigenvalue weighted by molar-refractivity contribution is -0.139. The molecule has 0 spiro atoms. The second-order valence-corrected chi connectivity index (χ2v) is 8.00. The molecule has 0 aliphatic carbocycles. The Morgan fingerprint density at radius 3 is 2.64 bits per heavy atom. The van der Waals surface area contributed by atoms with Gasteiger partial charge < -0.3 is 14.7 Å². The Bertz CT molecular complexity index is 930. The molecule has 1 amide bonds. The van der Waals surface area contributed by atoms with Crippen LogP contribution in [0.4, 0.5) is 0 Å². The first-order valence-corrected chi connectivity index (χ1v) is 10.3. The number of unbranched alkanes of at least 4 members (excludes halogenated alkanes) is 1. The van der Waals surface area contributed by atoms with E-state index in [2.05, 4.69) is 0 Å². The van der Waals surface area contributed by atoms with E-state index in [1.807, 2.05) is 44.4 Å². The number of rotatable bonds is 6. The molecule has 5 nitrogen and oxygen atoms in total. The van der Waals surface area contributed by atoms with Crippen molar-refractivity contribution in [2.45, 2.75) is 39.7 Å². The summed E-state index contributed by atoms with van der Waals surface area (Å²) in [5, 5.41) is 13.1. The van der Waals surface area contributed by atoms with Crippen LogP contribution in [0, 0.1) is 13.8 Å². The molecule has 1 aromatic carbocycles. The molecular formula is C22H25NO4S. The molecular weight excluding hydrogens is 374 g/mol. The number of ether oxygens (including phenoxy) is 1. The summed E-state index contributed by atoms with van der Waals surface area (Å²) in [5.74, 6) is -0.878. The highest BCUT2D eigenvalue weighted by Crippen LogP contribution is 2.43. The molecule has 0 bridgehead atoms. The fraction of sp³-hybridized carbons (Fsp3) is 0.364. The van der Waals surface area contributed by atoms with Crippen molar-refractivity contribution in [2.24, 2.45) is 0 Å². The summed E-state index contributed by atoms with van der Waals surface area (Å²) in [6.45, 7) is 6.32. The first-order valence-electron chi connectivity index (χ1n) is 9.38. The molecule has 1 saturated heterocycles. The van der Waals surface area contributed by atoms with E-state index in [4.69, 9.17) is 4.74 Å². The summed E-state index contributed by atoms with van der Waals surface area (Å²) in [6, 6.07) is 6.94. The van der Waals surface area contributed by atoms with Gasteiger partial charge in [0, 0.05) is 11.4 Å². The molecule has 28 heavy (non-hydrogen) atoms. The average molecular weight is 400 g/mol. The van der Waals surface area contributed by atoms with Gasteiger partial charge in [-0.3, -0.25) is 9.59 Å². The first kappa shape index (κ1) is 20.1. The number of carbonyl (C=O) groups excluding carboxylic acids is 2. The van der Waals surface area contributed by atoms with Crippen molar-refractivity contribution in [2.75, 3.05) is 13.7 Å². The molecule has 1 aromatic heterocycles. The van der Waals surface area contributed by atoms with Gasteiger partial charge >= 0.3 is 0 Å². The van der Waals surface area contributed by atoms with Crippen molar-refractivity contribution in [1.82, 2.24) is 4.90 Å². The standard InChI is InChI=1S/C22H25NO4S/c1-5-6-9-23-18(16-8-7-10-28-16)17(20(25)22(23)26)19(24)15-12-13(2)11-14(3)21(15)27-4/h7-8,10-12,18,24H,5-6,9H2,1-4H3/b19-17-. The third kappa shape index (κ3) is 3.44. The van der Waals surface area contributed by atoms with Crippen molar-refractivity contribution in [3.8, 4) is 5.75 Å². The topological polar surface area (TPSA) is 66.8 Å². The van der Waals surface area contributed by atoms with E-state index in [1.54, 1.807) is 11.0 Å². The molecule has 0 radical (unpaired) electrons. The van der Waals surface area contributed by atoms with E-state index in [9.17, 15) is 14.7 Å². The number of hydrogen-bond acceptors (Lipinski definition) is 5. The molecule has 1 aliphatic heterocycles. The monoisotopic (exact) mass is 399 g/mol. The number of methoxy groups -OCH3 is 1. The van der Waals surface area contributed by atoms with Crippen LogP contribution in [-0.2, 0) is 9.59 Å². The number of aliphatic hydroxyl groups excluding tert-OH is 1. The van der Waals surface area contributed by atoms with Gasteiger partial charge in [0.25, 0.3) is 11.7 Å². The molecule has 1 N–H and O–H groups in total. The Labute approximate surface area is 169 Å². The van der Waals surface area contributed by atoms with Gasteiger partial charge in [0.1, 0.15) is 11.5 Å². The third-order valence-electron chi connectivity index (χ3n) is 4.98. The second kappa shape index (κ2) is 8.19. The van der Waals surface area contributed by atoms with E-state index in [0.29, 0.717) is 17.9 Å². The summed E-state index contributed by atoms with van der Waals surface area (Å²) in [7, 11) is 1.53. The van der Waals surface area contributed by atoms with Crippen LogP contribution in [0.25, 0.3) is 5.76 Å². The lowest BCUT2D eigenvalue weighted by Crippen LogP contribution is -2.30. The van der Waals surface area contributed by atoms with E-state index in [-0.39, 0.29) is 11.3 Å². The van der Waals surface area contributed by atoms with E-state index in [1.165, 1.54) is 18.4 Å². The van der Waals surface area contributed by atoms with Gasteiger partial charge in [-0.2, -0.15) is 0 Å². The van der Waals surface area contributed by atoms with Gasteiger partial charge in [-0.05, 0) is 48.9 Å². The quantitative estimate of drug-likeness (QED) is 0.438. The maximum absolute atomic E-state index is 12.9. The minimum atomic E-state index is -0.645. The number of hydrogen-bond donors (Lipinski definition) is 1. The minimum Gasteiger partial charge on any atom is -0.507 e. The number of likely N-dealkylation sites (tertiary alicyclic amines) is 1. The lowest BCUT2D eigenvalue weighted by Gasteiger charge is -2.24. The summed E-state index contributed by atoms with van der Waals surface area (Å²) in [6.07, 6.45) is 1.70. The molecule has 1 aliphatic rings. The zero-order valence-corrected chi connectivity index (χ0v) is 17.4. The largest absolute Gasteiger partial charge is 0.507 e. The number of amides is 1. The fourth-order valence-electron chi connectivity index (χ4n) is 3.73. The number of Topliss-reactive ketones (excluding diaryl/α,β-unsaturated/α-hetero) is 1. The van der Waals surface area contributed by atoms with Crippen molar-refractivity contribution in [1.29, 1.82) is 0 Å². The Morgan fingerprint density at radius 2 is 2.04 bits per heavy atom. The van der Waals surface area contributed by atoms with Gasteiger partial charge in [0.15, 0.2) is 0 Å². The first-order chi connectivity index (χ1) is 13.4. The van der Waals surface area contributed by atoms with Crippen LogP contribution >= 0.6 is 11.3 Å². The highest BCUT2D eigenvalue weighted by atomic mass is 32.1. The van der Waals surface area contributed by atoms with Crippen LogP contribution in [0.3, 0.4) is 0 Å². The Balaban J connectivity index is 2.22. The van der Waals surface area contributed by atoms with Gasteiger partial charge in [0.2, 0.25) is 0 Å². The highest BCUT2D eigenvalue weighted by Gasteiger charge is 2.46. The Morgan fingerprint density at radius 1 is 1.29 bits per heavy atom. The highest BCUT2D eigenvalue weighted by molar-refractivity contribution is 7.10. The minimum absolute atomic E-state index is 0.131. The van der Waals surface area contributed by atoms with Gasteiger partial charge in [-0.15, -0.1) is 11.3 Å². The van der Waals surface area contributed by atoms with Gasteiger partial charge in [0.05, 0.1) is 24.3 Å². The van der Waals surface area contributed by atoms with Crippen LogP contribution in [0.2, 0.25) is 0 Å². The molecule has 1 unspecified atom stereocenters. The lowest BCUT2D eigenvalue weighted by atomic mass is 9.96. The number of carbonyl (C=O) groups is 2. The van der Waals surface area contributed by atoms with Crippen molar-refractivity contribution >= 4 is 28.8 Å². The SMILES string of the molecule is CCCCN1C(=O)C(=O)/C(=C(\O)c2cc(C)cc(C)c2OC)C1c1cccs1. The van der Waals surface area contributed by atoms with Crippen molar-refractivity contribution < 1.29 is 19.4 Å². The predicted octanol–water partition coefficient (Wildman–Crippen LogP) is 4.60. The molecule has 148 valence electrons. The van der Waals surface area contributed by atoms with E-state index in [0.717, 1.165) is 28.8 Å². The number of benzene rings is 1. The second-order valence-electron chi connectivity index (χ2n) is 7.02. The smallest absolute Gasteiger partial charge is 0.295 e. The molecule has 2 heterocycles. The van der Waals surface area contributed by atoms with Crippen molar-refractivity contribution in [3.63, 3.8) is 0 Å². The number of thiophene rings is 1. The van der Waals surface area contributed by atoms with Crippen LogP contribution in [0.1, 0.15) is 47.4 Å². The van der Waals surface area contributed by atoms with Crippen LogP contribution in [0.5, 0.6) is 5.75 Å². The summed E-state index contributed by atoms with van der Waals surface area (Å²) in [4.78, 5) is 28.1. The Hall–Kier alpha value is -2.60. The van der Waals surface area contributed by atoms with Crippen LogP contribution in [0.15, 0.2) is 35.2 Å². The maximum Gasteiger partial charge on any atom is 0.295 e. The zero-order valence-electron chi connectivity index (χ0n) is 16.6. The van der Waals surface area contributed by atoms with Crippen LogP contribution < -0.4 is 4.74 Å². The normalized spacial score (nSPS) is 18.7. The molecule has 0 saturated carbocycles. The molecule has 6 heteroatoms. The maximum atomic E-state index is 12.9. The zero-order chi connectivity index (χ0) is 20.4. The van der Waals surface area contributed by atoms with Crippen LogP contribution in [-0.4, -0.2) is 35.4 Å². The van der Waals surface area contributed by atoms with E-state index >= 15 is 0 Å². The fourth-order valence-corrected chi connectivity index (χ4v) is 4.57. The molecule has 2 aromatic rings. The summed E-state index contributed by atoms with van der Waals surface area (Å²) >= 11 is 1.47. The summed E-state index contributed by atoms with van der Waals surface area (Å²) < 4.78 is 5.49.